The average molecular weight is 278 g/mol. The van der Waals surface area contributed by atoms with E-state index >= 15 is 0 Å². The van der Waals surface area contributed by atoms with Crippen molar-refractivity contribution in [3.05, 3.63) is 28.2 Å². The van der Waals surface area contributed by atoms with E-state index in [1.165, 1.54) is 0 Å². The summed E-state index contributed by atoms with van der Waals surface area (Å²) in [5, 5.41) is 10.3. The van der Waals surface area contributed by atoms with Gasteiger partial charge in [0, 0.05) is 12.6 Å². The molecular weight excluding hydrogens is 269 g/mol. The second-order valence-electron chi connectivity index (χ2n) is 3.57. The van der Waals surface area contributed by atoms with Crippen LogP contribution in [0, 0.1) is 0 Å². The number of alkyl halides is 3. The van der Waals surface area contributed by atoms with Gasteiger partial charge in [-0.25, -0.2) is 0 Å². The summed E-state index contributed by atoms with van der Waals surface area (Å²) in [6, 6.07) is 0.484. The Balaban J connectivity index is 2.86. The molecule has 1 aromatic heterocycles. The van der Waals surface area contributed by atoms with Crippen LogP contribution in [0.4, 0.5) is 18.9 Å². The quantitative estimate of drug-likeness (QED) is 0.770. The summed E-state index contributed by atoms with van der Waals surface area (Å²) >= 11 is 0. The molecule has 0 fully saturated rings. The maximum Gasteiger partial charge on any atom is 0.417 e. The van der Waals surface area contributed by atoms with E-state index in [0.29, 0.717) is 12.3 Å². The highest BCUT2D eigenvalue weighted by molar-refractivity contribution is 5.92. The fourth-order valence-corrected chi connectivity index (χ4v) is 1.17. The molecule has 0 unspecified atom stereocenters. The first-order valence-electron chi connectivity index (χ1n) is 5.01. The summed E-state index contributed by atoms with van der Waals surface area (Å²) in [6.07, 6.45) is -5.10. The van der Waals surface area contributed by atoms with E-state index in [0.717, 1.165) is 0 Å². The Morgan fingerprint density at radius 1 is 1.32 bits per heavy atom. The minimum Gasteiger partial charge on any atom is -0.481 e. The molecule has 19 heavy (non-hydrogen) atoms. The molecule has 9 heteroatoms. The molecule has 0 atom stereocenters. The molecule has 1 aromatic rings. The minimum absolute atomic E-state index is 0.439. The number of halogens is 3. The van der Waals surface area contributed by atoms with E-state index < -0.39 is 47.7 Å². The number of carbonyl (C=O) groups excluding carboxylic acids is 1. The molecular formula is C10H9F3N2O4. The van der Waals surface area contributed by atoms with Gasteiger partial charge in [-0.3, -0.25) is 14.4 Å². The maximum absolute atomic E-state index is 12.4. The number of hydrogen-bond acceptors (Lipinski definition) is 3. The van der Waals surface area contributed by atoms with Crippen LogP contribution >= 0.6 is 0 Å². The number of carboxylic acids is 1. The number of pyridine rings is 1. The van der Waals surface area contributed by atoms with Crippen molar-refractivity contribution in [1.82, 2.24) is 4.98 Å². The smallest absolute Gasteiger partial charge is 0.417 e. The zero-order valence-electron chi connectivity index (χ0n) is 9.37. The Kier molecular flexibility index (Phi) is 4.30. The molecule has 0 aromatic carbocycles. The highest BCUT2D eigenvalue weighted by Crippen LogP contribution is 2.29. The third-order valence-corrected chi connectivity index (χ3v) is 2.07. The first-order valence-corrected chi connectivity index (χ1v) is 5.01. The lowest BCUT2D eigenvalue weighted by Gasteiger charge is -2.08. The summed E-state index contributed by atoms with van der Waals surface area (Å²) in [5.74, 6) is -2.08. The monoisotopic (exact) mass is 278 g/mol. The number of carbonyl (C=O) groups is 2. The summed E-state index contributed by atoms with van der Waals surface area (Å²) in [7, 11) is 0. The Bertz CT molecular complexity index is 550. The Hall–Kier alpha value is -2.32. The molecule has 3 N–H and O–H groups in total. The van der Waals surface area contributed by atoms with Crippen molar-refractivity contribution >= 4 is 17.6 Å². The minimum atomic E-state index is -4.66. The van der Waals surface area contributed by atoms with Crippen LogP contribution in [0.2, 0.25) is 0 Å². The summed E-state index contributed by atoms with van der Waals surface area (Å²) in [4.78, 5) is 34.5. The number of aromatic amines is 1. The zero-order chi connectivity index (χ0) is 14.6. The van der Waals surface area contributed by atoms with E-state index in [2.05, 4.69) is 0 Å². The molecule has 104 valence electrons. The van der Waals surface area contributed by atoms with Crippen LogP contribution < -0.4 is 10.9 Å². The van der Waals surface area contributed by atoms with E-state index in [9.17, 15) is 27.6 Å². The van der Waals surface area contributed by atoms with Gasteiger partial charge < -0.3 is 15.4 Å². The molecule has 0 bridgehead atoms. The predicted octanol–water partition coefficient (Wildman–Crippen LogP) is 1.20. The molecule has 6 nitrogen and oxygen atoms in total. The highest BCUT2D eigenvalue weighted by atomic mass is 19.4. The van der Waals surface area contributed by atoms with E-state index in [1.807, 2.05) is 10.3 Å². The van der Waals surface area contributed by atoms with Crippen LogP contribution in [-0.4, -0.2) is 22.0 Å². The van der Waals surface area contributed by atoms with Gasteiger partial charge in [0.25, 0.3) is 5.56 Å². The van der Waals surface area contributed by atoms with Crippen molar-refractivity contribution in [3.63, 3.8) is 0 Å². The lowest BCUT2D eigenvalue weighted by molar-refractivity contribution is -0.138. The largest absolute Gasteiger partial charge is 0.481 e. The Morgan fingerprint density at radius 3 is 2.47 bits per heavy atom. The third kappa shape index (κ3) is 4.45. The van der Waals surface area contributed by atoms with Gasteiger partial charge in [0.1, 0.15) is 5.69 Å². The fraction of sp³-hybridized carbons (Fsp3) is 0.300. The zero-order valence-corrected chi connectivity index (χ0v) is 9.37. The molecule has 0 aliphatic rings. The predicted molar refractivity (Wildman–Crippen MR) is 57.6 cm³/mol. The first-order chi connectivity index (χ1) is 8.70. The number of hydrogen-bond donors (Lipinski definition) is 3. The number of amides is 1. The molecule has 0 saturated heterocycles. The van der Waals surface area contributed by atoms with Crippen LogP contribution in [-0.2, 0) is 15.8 Å². The lowest BCUT2D eigenvalue weighted by atomic mass is 10.2. The number of nitrogens with one attached hydrogen (secondary N) is 2. The van der Waals surface area contributed by atoms with Crippen molar-refractivity contribution in [2.45, 2.75) is 19.0 Å². The second kappa shape index (κ2) is 5.55. The number of aliphatic carboxylic acids is 1. The van der Waals surface area contributed by atoms with Crippen molar-refractivity contribution in [2.24, 2.45) is 0 Å². The summed E-state index contributed by atoms with van der Waals surface area (Å²) in [5.41, 5.74) is -2.61. The van der Waals surface area contributed by atoms with Gasteiger partial charge >= 0.3 is 12.1 Å². The SMILES string of the molecule is O=C(O)CCC(=O)Nc1cc(C(F)(F)F)c[nH]c1=O. The topological polar surface area (TPSA) is 99.3 Å². The molecule has 1 heterocycles. The van der Waals surface area contributed by atoms with Crippen LogP contribution in [0.3, 0.4) is 0 Å². The van der Waals surface area contributed by atoms with Gasteiger partial charge in [0.05, 0.1) is 12.0 Å². The molecule has 0 saturated carbocycles. The second-order valence-corrected chi connectivity index (χ2v) is 3.57. The standard InChI is InChI=1S/C10H9F3N2O4/c11-10(12,13)5-3-6(9(19)14-4-5)15-7(16)1-2-8(17)18/h3-4H,1-2H2,(H,14,19)(H,15,16)(H,17,18). The van der Waals surface area contributed by atoms with Gasteiger partial charge in [-0.1, -0.05) is 0 Å². The molecule has 0 aliphatic carbocycles. The van der Waals surface area contributed by atoms with Gasteiger partial charge in [0.2, 0.25) is 5.91 Å². The van der Waals surface area contributed by atoms with E-state index in [4.69, 9.17) is 5.11 Å². The van der Waals surface area contributed by atoms with E-state index in [1.54, 1.807) is 0 Å². The fourth-order valence-electron chi connectivity index (χ4n) is 1.17. The van der Waals surface area contributed by atoms with Crippen LogP contribution in [0.5, 0.6) is 0 Å². The van der Waals surface area contributed by atoms with Crippen LogP contribution in [0.25, 0.3) is 0 Å². The van der Waals surface area contributed by atoms with Gasteiger partial charge in [-0.15, -0.1) is 0 Å². The molecule has 0 radical (unpaired) electrons. The normalized spacial score (nSPS) is 11.1. The number of anilines is 1. The number of carboxylic acid groups (broad SMARTS) is 1. The highest BCUT2D eigenvalue weighted by Gasteiger charge is 2.31. The number of H-pyrrole nitrogens is 1. The van der Waals surface area contributed by atoms with Gasteiger partial charge in [0.15, 0.2) is 0 Å². The molecule has 1 amide bonds. The van der Waals surface area contributed by atoms with Crippen LogP contribution in [0.15, 0.2) is 17.1 Å². The summed E-state index contributed by atoms with van der Waals surface area (Å²) in [6.45, 7) is 0. The summed E-state index contributed by atoms with van der Waals surface area (Å²) < 4.78 is 37.1. The average Bonchev–Trinajstić information content (AvgIpc) is 2.28. The lowest BCUT2D eigenvalue weighted by Crippen LogP contribution is -2.21. The van der Waals surface area contributed by atoms with Crippen molar-refractivity contribution in [1.29, 1.82) is 0 Å². The van der Waals surface area contributed by atoms with Crippen LogP contribution in [0.1, 0.15) is 18.4 Å². The van der Waals surface area contributed by atoms with Crippen molar-refractivity contribution < 1.29 is 27.9 Å². The molecule has 1 rings (SSSR count). The van der Waals surface area contributed by atoms with Gasteiger partial charge in [-0.05, 0) is 6.07 Å². The Morgan fingerprint density at radius 2 is 1.95 bits per heavy atom. The Labute approximate surface area is 104 Å². The van der Waals surface area contributed by atoms with Crippen molar-refractivity contribution in [2.75, 3.05) is 5.32 Å². The first kappa shape index (κ1) is 14.7. The maximum atomic E-state index is 12.4. The van der Waals surface area contributed by atoms with E-state index in [-0.39, 0.29) is 0 Å². The van der Waals surface area contributed by atoms with Gasteiger partial charge in [-0.2, -0.15) is 13.2 Å². The number of rotatable bonds is 4. The number of aromatic nitrogens is 1. The molecule has 0 spiro atoms. The molecule has 0 aliphatic heterocycles. The van der Waals surface area contributed by atoms with Crippen molar-refractivity contribution in [3.8, 4) is 0 Å². The third-order valence-electron chi connectivity index (χ3n) is 2.07.